The topological polar surface area (TPSA) is 158 Å². The van der Waals surface area contributed by atoms with E-state index in [1.807, 2.05) is 44.2 Å². The summed E-state index contributed by atoms with van der Waals surface area (Å²) in [5, 5.41) is 2.76. The van der Waals surface area contributed by atoms with E-state index in [-0.39, 0.29) is 30.2 Å². The highest BCUT2D eigenvalue weighted by Crippen LogP contribution is 2.45. The van der Waals surface area contributed by atoms with Crippen molar-refractivity contribution in [1.82, 2.24) is 20.2 Å². The summed E-state index contributed by atoms with van der Waals surface area (Å²) in [7, 11) is 3.02. The van der Waals surface area contributed by atoms with Crippen LogP contribution in [0.2, 0.25) is 5.82 Å². The van der Waals surface area contributed by atoms with Crippen molar-refractivity contribution in [2.24, 2.45) is 5.92 Å². The van der Waals surface area contributed by atoms with Crippen molar-refractivity contribution in [1.29, 1.82) is 0 Å². The first-order valence-electron chi connectivity index (χ1n) is 13.6. The number of carbonyl (C=O) groups is 5. The minimum Gasteiger partial charge on any atom is -0.718 e. The molecule has 41 heavy (non-hydrogen) atoms. The number of hydrogen-bond acceptors (Lipinski definition) is 9. The number of aliphatic carboxylic acids is 1. The highest BCUT2D eigenvalue weighted by atomic mass is 16.8. The quantitative estimate of drug-likeness (QED) is 0.313. The number of carboxylic acids is 1. The first-order chi connectivity index (χ1) is 19.4. The van der Waals surface area contributed by atoms with Gasteiger partial charge in [-0.3, -0.25) is 24.2 Å². The molecule has 4 atom stereocenters. The van der Waals surface area contributed by atoms with Crippen molar-refractivity contribution in [3.8, 4) is 0 Å². The average Bonchev–Trinajstić information content (AvgIpc) is 2.91. The van der Waals surface area contributed by atoms with Gasteiger partial charge in [0.05, 0.1) is 18.7 Å². The number of fused-ring (bicyclic) bond motifs is 2. The molecule has 0 aliphatic carbocycles. The molecule has 2 N–H and O–H groups in total. The van der Waals surface area contributed by atoms with Crippen LogP contribution in [0.1, 0.15) is 55.6 Å². The van der Waals surface area contributed by atoms with Gasteiger partial charge in [0.1, 0.15) is 17.7 Å². The number of Topliss-reactive ketones (excluding diaryl/α,β-unsaturated/α-hetero) is 1. The third-order valence-corrected chi connectivity index (χ3v) is 7.29. The molecule has 1 unspecified atom stereocenters. The monoisotopic (exact) mass is 566 g/mol. The molecule has 218 valence electrons. The van der Waals surface area contributed by atoms with Crippen LogP contribution in [-0.4, -0.2) is 81.6 Å². The minimum atomic E-state index is -3.03. The van der Waals surface area contributed by atoms with Gasteiger partial charge in [-0.2, -0.15) is 0 Å². The van der Waals surface area contributed by atoms with Gasteiger partial charge >= 0.3 is 12.7 Å². The fraction of sp³-hybridized carbons (Fsp3) is 0.464. The summed E-state index contributed by atoms with van der Waals surface area (Å²) in [5.41, 5.74) is -0.897. The van der Waals surface area contributed by atoms with E-state index in [2.05, 4.69) is 19.9 Å². The molecule has 2 fully saturated rings. The Morgan fingerprint density at radius 2 is 1.85 bits per heavy atom. The minimum absolute atomic E-state index is 0.0128. The molecule has 1 aromatic carbocycles. The number of amides is 2. The Bertz CT molecular complexity index is 1280. The zero-order chi connectivity index (χ0) is 29.8. The molecule has 2 aromatic rings. The fourth-order valence-corrected chi connectivity index (χ4v) is 5.56. The second-order valence-electron chi connectivity index (χ2n) is 11.3. The molecule has 0 saturated carbocycles. The van der Waals surface area contributed by atoms with Crippen LogP contribution >= 0.6 is 0 Å². The van der Waals surface area contributed by atoms with Crippen molar-refractivity contribution >= 4 is 36.3 Å². The normalized spacial score (nSPS) is 23.1. The molecule has 2 aliphatic heterocycles. The van der Waals surface area contributed by atoms with E-state index in [1.54, 1.807) is 0 Å². The van der Waals surface area contributed by atoms with Crippen LogP contribution in [0.5, 0.6) is 0 Å². The summed E-state index contributed by atoms with van der Waals surface area (Å²) in [6.07, 6.45) is 3.54. The van der Waals surface area contributed by atoms with E-state index < -0.39 is 60.8 Å². The molecule has 3 heterocycles. The smallest absolute Gasteiger partial charge is 0.576 e. The Labute approximate surface area is 238 Å². The SMILES string of the molecule is CC(C)C[C@H](CC(=O)[C@H](Cc1ccccc1)NC(=O)c1cnccn1)[B-]12OC(=O)C[C@](C(=O)N(C)C)(CC(=O)[OH+]1)O2. The average molecular weight is 566 g/mol. The second-order valence-corrected chi connectivity index (χ2v) is 11.3. The number of rotatable bonds is 11. The zero-order valence-corrected chi connectivity index (χ0v) is 23.6. The van der Waals surface area contributed by atoms with Crippen molar-refractivity contribution in [2.45, 2.75) is 63.4 Å². The van der Waals surface area contributed by atoms with Gasteiger partial charge < -0.3 is 24.2 Å². The van der Waals surface area contributed by atoms with Crippen molar-refractivity contribution < 1.29 is 37.9 Å². The summed E-state index contributed by atoms with van der Waals surface area (Å²) in [6.45, 7) is 0.789. The predicted molar refractivity (Wildman–Crippen MR) is 147 cm³/mol. The molecular weight excluding hydrogens is 531 g/mol. The van der Waals surface area contributed by atoms with Gasteiger partial charge in [0.15, 0.2) is 5.78 Å². The van der Waals surface area contributed by atoms with Gasteiger partial charge in [-0.05, 0) is 30.1 Å². The van der Waals surface area contributed by atoms with Gasteiger partial charge in [0.2, 0.25) is 0 Å². The Morgan fingerprint density at radius 3 is 2.49 bits per heavy atom. The van der Waals surface area contributed by atoms with Crippen LogP contribution in [-0.2, 0) is 34.9 Å². The largest absolute Gasteiger partial charge is 0.718 e. The van der Waals surface area contributed by atoms with Gasteiger partial charge in [0.25, 0.3) is 17.8 Å². The van der Waals surface area contributed by atoms with E-state index in [1.165, 1.54) is 37.6 Å². The summed E-state index contributed by atoms with van der Waals surface area (Å²) < 4.78 is 16.1. The third kappa shape index (κ3) is 6.79. The summed E-state index contributed by atoms with van der Waals surface area (Å²) >= 11 is 0. The van der Waals surface area contributed by atoms with Crippen LogP contribution in [0, 0.1) is 5.92 Å². The number of nitrogens with zero attached hydrogens (tertiary/aromatic N) is 3. The van der Waals surface area contributed by atoms with E-state index in [4.69, 9.17) is 9.31 Å². The van der Waals surface area contributed by atoms with Gasteiger partial charge in [-0.1, -0.05) is 50.6 Å². The molecule has 2 amide bonds. The lowest BCUT2D eigenvalue weighted by molar-refractivity contribution is -0.204. The van der Waals surface area contributed by atoms with Crippen LogP contribution in [0.25, 0.3) is 0 Å². The molecule has 4 rings (SSSR count). The van der Waals surface area contributed by atoms with Crippen molar-refractivity contribution in [3.05, 3.63) is 60.2 Å². The van der Waals surface area contributed by atoms with Gasteiger partial charge in [0, 0.05) is 31.3 Å². The summed E-state index contributed by atoms with van der Waals surface area (Å²) in [6, 6.07) is 8.19. The lowest BCUT2D eigenvalue weighted by Crippen LogP contribution is -2.72. The number of aromatic nitrogens is 2. The van der Waals surface area contributed by atoms with E-state index >= 15 is 0 Å². The van der Waals surface area contributed by atoms with Crippen LogP contribution in [0.15, 0.2) is 48.9 Å². The van der Waals surface area contributed by atoms with E-state index in [0.717, 1.165) is 5.56 Å². The molecule has 13 heteroatoms. The van der Waals surface area contributed by atoms with Crippen molar-refractivity contribution in [3.63, 3.8) is 0 Å². The molecular formula is C28H35BN4O8. The Balaban J connectivity index is 1.66. The Hall–Kier alpha value is -4.13. The van der Waals surface area contributed by atoms with Crippen LogP contribution < -0.4 is 5.32 Å². The molecule has 0 spiro atoms. The first-order valence-corrected chi connectivity index (χ1v) is 13.6. The Morgan fingerprint density at radius 1 is 1.12 bits per heavy atom. The second kappa shape index (κ2) is 12.2. The van der Waals surface area contributed by atoms with Crippen LogP contribution in [0.4, 0.5) is 0 Å². The summed E-state index contributed by atoms with van der Waals surface area (Å²) in [5.74, 6) is -3.71. The standard InChI is InChI=1S/C28H35BN4O8/c1-18(2)12-20(29-39-24(35)15-28(41-29,16-25(36)40-29)27(38)33(3)4)14-23(34)21(13-19-8-6-5-7-9-19)32-26(37)22-17-30-10-11-31-22/h5-11,17-18,20-21,39H,12-16H2,1-4H3,(H,32,37)/t20-,21+,28+,29?/m1/s1. The highest BCUT2D eigenvalue weighted by molar-refractivity contribution is 6.66. The number of nitrogens with one attached hydrogen (secondary N) is 1. The number of benzene rings is 1. The molecule has 2 bridgehead atoms. The molecule has 2 saturated heterocycles. The molecule has 2 aliphatic rings. The highest BCUT2D eigenvalue weighted by Gasteiger charge is 2.65. The Kier molecular flexibility index (Phi) is 8.86. The van der Waals surface area contributed by atoms with Crippen LogP contribution in [0.3, 0.4) is 0 Å². The number of ketones is 1. The molecule has 1 aromatic heterocycles. The van der Waals surface area contributed by atoms with Gasteiger partial charge in [-0.15, -0.1) is 0 Å². The molecule has 0 radical (unpaired) electrons. The van der Waals surface area contributed by atoms with E-state index in [0.29, 0.717) is 6.42 Å². The zero-order valence-electron chi connectivity index (χ0n) is 23.6. The number of hydrogen-bond donors (Lipinski definition) is 1. The third-order valence-electron chi connectivity index (χ3n) is 7.29. The molecule has 12 nitrogen and oxygen atoms in total. The lowest BCUT2D eigenvalue weighted by Gasteiger charge is -2.56. The predicted octanol–water partition coefficient (Wildman–Crippen LogP) is 1.38. The fourth-order valence-electron chi connectivity index (χ4n) is 5.56. The van der Waals surface area contributed by atoms with Gasteiger partial charge in [-0.25, -0.2) is 4.98 Å². The number of carbonyl (C=O) groups excluding carboxylic acids is 4. The lowest BCUT2D eigenvalue weighted by atomic mass is 9.55. The number of likely N-dealkylation sites (N-methyl/N-ethyl adjacent to an activating group) is 1. The van der Waals surface area contributed by atoms with Crippen molar-refractivity contribution in [2.75, 3.05) is 14.1 Å². The maximum atomic E-state index is 14.0. The van der Waals surface area contributed by atoms with E-state index in [9.17, 15) is 24.0 Å². The summed E-state index contributed by atoms with van der Waals surface area (Å²) in [4.78, 5) is 75.1. The maximum Gasteiger partial charge on any atom is 0.576 e. The maximum absolute atomic E-state index is 14.0. The first kappa shape index (κ1) is 29.8.